The minimum Gasteiger partial charge on any atom is -0.494 e. The molecule has 2 nitrogen and oxygen atoms in total. The van der Waals surface area contributed by atoms with Crippen LogP contribution in [0.15, 0.2) is 12.1 Å². The molecule has 0 spiro atoms. The lowest BCUT2D eigenvalue weighted by Crippen LogP contribution is -2.26. The molecule has 1 aromatic rings. The van der Waals surface area contributed by atoms with Crippen molar-refractivity contribution in [1.82, 2.24) is 5.32 Å². The van der Waals surface area contributed by atoms with Crippen LogP contribution in [0.25, 0.3) is 0 Å². The third-order valence-electron chi connectivity index (χ3n) is 3.27. The van der Waals surface area contributed by atoms with Gasteiger partial charge in [-0.2, -0.15) is 0 Å². The fraction of sp³-hybridized carbons (Fsp3) is 0.538. The Kier molecular flexibility index (Phi) is 3.44. The van der Waals surface area contributed by atoms with Crippen molar-refractivity contribution in [2.45, 2.75) is 25.7 Å². The van der Waals surface area contributed by atoms with Crippen LogP contribution in [-0.2, 0) is 0 Å². The first-order valence-electron chi connectivity index (χ1n) is 5.77. The molecule has 0 saturated carbocycles. The van der Waals surface area contributed by atoms with Crippen molar-refractivity contribution in [1.29, 1.82) is 0 Å². The lowest BCUT2D eigenvalue weighted by atomic mass is 9.89. The summed E-state index contributed by atoms with van der Waals surface area (Å²) in [5.41, 5.74) is 1.88. The summed E-state index contributed by atoms with van der Waals surface area (Å²) in [6, 6.07) is 3.80. The zero-order valence-electron chi connectivity index (χ0n) is 9.85. The number of ether oxygens (including phenoxy) is 1. The number of methoxy groups -OCH3 is 1. The minimum absolute atomic E-state index is 0.236. The predicted molar refractivity (Wildman–Crippen MR) is 62.5 cm³/mol. The first-order chi connectivity index (χ1) is 7.72. The Morgan fingerprint density at radius 3 is 2.62 bits per heavy atom. The molecule has 0 unspecified atom stereocenters. The molecule has 3 heteroatoms. The summed E-state index contributed by atoms with van der Waals surface area (Å²) in [6.07, 6.45) is 2.24. The minimum atomic E-state index is -0.236. The van der Waals surface area contributed by atoms with Crippen LogP contribution in [0.4, 0.5) is 4.39 Å². The van der Waals surface area contributed by atoms with Crippen LogP contribution in [-0.4, -0.2) is 20.2 Å². The molecule has 0 atom stereocenters. The Labute approximate surface area is 95.8 Å². The number of halogens is 1. The second-order valence-corrected chi connectivity index (χ2v) is 4.38. The molecule has 1 saturated heterocycles. The zero-order valence-corrected chi connectivity index (χ0v) is 9.85. The first kappa shape index (κ1) is 11.4. The highest BCUT2D eigenvalue weighted by molar-refractivity contribution is 5.37. The van der Waals surface area contributed by atoms with Gasteiger partial charge in [-0.15, -0.1) is 0 Å². The molecule has 0 aromatic heterocycles. The van der Waals surface area contributed by atoms with Gasteiger partial charge in [-0.1, -0.05) is 6.07 Å². The largest absolute Gasteiger partial charge is 0.494 e. The Balaban J connectivity index is 2.29. The van der Waals surface area contributed by atoms with Crippen molar-refractivity contribution < 1.29 is 9.13 Å². The molecule has 0 amide bonds. The van der Waals surface area contributed by atoms with E-state index in [1.807, 2.05) is 12.1 Å². The van der Waals surface area contributed by atoms with E-state index in [1.54, 1.807) is 6.92 Å². The van der Waals surface area contributed by atoms with Crippen molar-refractivity contribution in [3.8, 4) is 5.75 Å². The van der Waals surface area contributed by atoms with Gasteiger partial charge in [0.05, 0.1) is 7.11 Å². The molecule has 1 aromatic carbocycles. The maximum atomic E-state index is 13.6. The smallest absolute Gasteiger partial charge is 0.167 e. The van der Waals surface area contributed by atoms with Crippen LogP contribution in [0.2, 0.25) is 0 Å². The van der Waals surface area contributed by atoms with Crippen LogP contribution >= 0.6 is 0 Å². The van der Waals surface area contributed by atoms with Gasteiger partial charge in [0.2, 0.25) is 0 Å². The molecule has 16 heavy (non-hydrogen) atoms. The quantitative estimate of drug-likeness (QED) is 0.832. The number of aryl methyl sites for hydroxylation is 1. The second-order valence-electron chi connectivity index (χ2n) is 4.38. The average molecular weight is 223 g/mol. The number of rotatable bonds is 2. The van der Waals surface area contributed by atoms with Crippen LogP contribution in [0.5, 0.6) is 5.75 Å². The van der Waals surface area contributed by atoms with Gasteiger partial charge in [0.1, 0.15) is 0 Å². The molecular weight excluding hydrogens is 205 g/mol. The topological polar surface area (TPSA) is 21.3 Å². The highest BCUT2D eigenvalue weighted by Crippen LogP contribution is 2.31. The van der Waals surface area contributed by atoms with Gasteiger partial charge < -0.3 is 10.1 Å². The lowest BCUT2D eigenvalue weighted by Gasteiger charge is -2.23. The van der Waals surface area contributed by atoms with E-state index in [0.29, 0.717) is 17.2 Å². The Morgan fingerprint density at radius 1 is 1.31 bits per heavy atom. The molecule has 0 bridgehead atoms. The molecular formula is C13H18FNO. The van der Waals surface area contributed by atoms with E-state index < -0.39 is 0 Å². The monoisotopic (exact) mass is 223 g/mol. The van der Waals surface area contributed by atoms with E-state index in [2.05, 4.69) is 5.32 Å². The lowest BCUT2D eigenvalue weighted by molar-refractivity contribution is 0.382. The Bertz CT molecular complexity index is 372. The van der Waals surface area contributed by atoms with E-state index in [1.165, 1.54) is 12.7 Å². The van der Waals surface area contributed by atoms with Gasteiger partial charge in [0.25, 0.3) is 0 Å². The zero-order chi connectivity index (χ0) is 11.5. The Hall–Kier alpha value is -1.09. The number of hydrogen-bond acceptors (Lipinski definition) is 2. The van der Waals surface area contributed by atoms with Gasteiger partial charge in [0, 0.05) is 0 Å². The number of nitrogens with one attached hydrogen (secondary N) is 1. The highest BCUT2D eigenvalue weighted by atomic mass is 19.1. The molecule has 1 fully saturated rings. The normalized spacial score (nSPS) is 17.4. The van der Waals surface area contributed by atoms with Crippen molar-refractivity contribution in [3.63, 3.8) is 0 Å². The fourth-order valence-electron chi connectivity index (χ4n) is 2.30. The molecule has 88 valence electrons. The maximum absolute atomic E-state index is 13.6. The van der Waals surface area contributed by atoms with E-state index in [0.717, 1.165) is 25.9 Å². The number of benzene rings is 1. The van der Waals surface area contributed by atoms with Gasteiger partial charge in [-0.05, 0) is 56.0 Å². The molecule has 2 rings (SSSR count). The standard InChI is InChI=1S/C13H18FNO/c1-9-7-11(8-12(16-2)13(9)14)10-3-5-15-6-4-10/h7-8,10,15H,3-6H2,1-2H3. The van der Waals surface area contributed by atoms with Gasteiger partial charge >= 0.3 is 0 Å². The summed E-state index contributed by atoms with van der Waals surface area (Å²) < 4.78 is 18.7. The summed E-state index contributed by atoms with van der Waals surface area (Å²) >= 11 is 0. The average Bonchev–Trinajstić information content (AvgIpc) is 2.33. The van der Waals surface area contributed by atoms with E-state index in [-0.39, 0.29) is 5.82 Å². The Morgan fingerprint density at radius 2 is 2.00 bits per heavy atom. The van der Waals surface area contributed by atoms with Crippen molar-refractivity contribution in [3.05, 3.63) is 29.1 Å². The molecule has 1 aliphatic heterocycles. The van der Waals surface area contributed by atoms with Crippen molar-refractivity contribution in [2.24, 2.45) is 0 Å². The fourth-order valence-corrected chi connectivity index (χ4v) is 2.30. The second kappa shape index (κ2) is 4.83. The van der Waals surface area contributed by atoms with Crippen molar-refractivity contribution in [2.75, 3.05) is 20.2 Å². The summed E-state index contributed by atoms with van der Waals surface area (Å²) in [5.74, 6) is 0.670. The third kappa shape index (κ3) is 2.19. The summed E-state index contributed by atoms with van der Waals surface area (Å²) in [4.78, 5) is 0. The first-order valence-corrected chi connectivity index (χ1v) is 5.77. The molecule has 1 aliphatic rings. The van der Waals surface area contributed by atoms with Crippen LogP contribution < -0.4 is 10.1 Å². The maximum Gasteiger partial charge on any atom is 0.167 e. The number of hydrogen-bond donors (Lipinski definition) is 1. The number of piperidine rings is 1. The van der Waals surface area contributed by atoms with E-state index in [9.17, 15) is 4.39 Å². The van der Waals surface area contributed by atoms with E-state index >= 15 is 0 Å². The van der Waals surface area contributed by atoms with Gasteiger partial charge in [-0.25, -0.2) is 4.39 Å². The molecule has 1 heterocycles. The van der Waals surface area contributed by atoms with Crippen LogP contribution in [0.1, 0.15) is 29.9 Å². The molecule has 1 N–H and O–H groups in total. The van der Waals surface area contributed by atoms with Crippen LogP contribution in [0, 0.1) is 12.7 Å². The highest BCUT2D eigenvalue weighted by Gasteiger charge is 2.18. The molecule has 0 aliphatic carbocycles. The van der Waals surface area contributed by atoms with Crippen LogP contribution in [0.3, 0.4) is 0 Å². The summed E-state index contributed by atoms with van der Waals surface area (Å²) in [7, 11) is 1.52. The predicted octanol–water partition coefficient (Wildman–Crippen LogP) is 2.61. The van der Waals surface area contributed by atoms with Crippen molar-refractivity contribution >= 4 is 0 Å². The van der Waals surface area contributed by atoms with E-state index in [4.69, 9.17) is 4.74 Å². The summed E-state index contributed by atoms with van der Waals surface area (Å²) in [6.45, 7) is 3.88. The summed E-state index contributed by atoms with van der Waals surface area (Å²) in [5, 5.41) is 3.33. The SMILES string of the molecule is COc1cc(C2CCNCC2)cc(C)c1F. The van der Waals surface area contributed by atoms with Gasteiger partial charge in [0.15, 0.2) is 11.6 Å². The molecule has 0 radical (unpaired) electrons. The third-order valence-corrected chi connectivity index (χ3v) is 3.27. The van der Waals surface area contributed by atoms with Gasteiger partial charge in [-0.3, -0.25) is 0 Å².